The molecule has 0 aliphatic heterocycles. The largest absolute Gasteiger partial charge is 0.478 e. The standard InChI is InChI=1S/C17H18N2O3/c1-4-16(20)19(3)15-8-6-12(9-11(15)2)14-7-5-13(10-18-14)17(21)22/h5-10H,4H2,1-3H3,(H,21,22). The quantitative estimate of drug-likeness (QED) is 0.941. The number of carbonyl (C=O) groups is 2. The molecule has 0 saturated carbocycles. The van der Waals surface area contributed by atoms with E-state index in [1.54, 1.807) is 18.0 Å². The third-order valence-corrected chi connectivity index (χ3v) is 3.54. The summed E-state index contributed by atoms with van der Waals surface area (Å²) >= 11 is 0. The Bertz CT molecular complexity index is 708. The summed E-state index contributed by atoms with van der Waals surface area (Å²) in [5.74, 6) is -0.940. The van der Waals surface area contributed by atoms with Gasteiger partial charge in [-0.2, -0.15) is 0 Å². The molecule has 0 bridgehead atoms. The predicted octanol–water partition coefficient (Wildman–Crippen LogP) is 3.13. The highest BCUT2D eigenvalue weighted by molar-refractivity contribution is 5.93. The van der Waals surface area contributed by atoms with Gasteiger partial charge in [0.1, 0.15) is 0 Å². The zero-order chi connectivity index (χ0) is 16.3. The molecule has 2 aromatic rings. The van der Waals surface area contributed by atoms with Gasteiger partial charge in [-0.15, -0.1) is 0 Å². The first kappa shape index (κ1) is 15.7. The number of pyridine rings is 1. The molecule has 0 fully saturated rings. The lowest BCUT2D eigenvalue weighted by Gasteiger charge is -2.19. The topological polar surface area (TPSA) is 70.5 Å². The normalized spacial score (nSPS) is 10.3. The number of anilines is 1. The van der Waals surface area contributed by atoms with Crippen molar-refractivity contribution in [2.45, 2.75) is 20.3 Å². The smallest absolute Gasteiger partial charge is 0.337 e. The lowest BCUT2D eigenvalue weighted by molar-refractivity contribution is -0.118. The molecule has 0 unspecified atom stereocenters. The van der Waals surface area contributed by atoms with Crippen LogP contribution in [0, 0.1) is 6.92 Å². The number of amides is 1. The molecular weight excluding hydrogens is 280 g/mol. The highest BCUT2D eigenvalue weighted by Crippen LogP contribution is 2.26. The van der Waals surface area contributed by atoms with E-state index in [9.17, 15) is 9.59 Å². The monoisotopic (exact) mass is 298 g/mol. The van der Waals surface area contributed by atoms with E-state index in [1.807, 2.05) is 32.0 Å². The fraction of sp³-hybridized carbons (Fsp3) is 0.235. The summed E-state index contributed by atoms with van der Waals surface area (Å²) in [5, 5.41) is 8.89. The van der Waals surface area contributed by atoms with Crippen LogP contribution in [0.4, 0.5) is 5.69 Å². The first-order chi connectivity index (χ1) is 10.4. The van der Waals surface area contributed by atoms with Crippen LogP contribution in [-0.2, 0) is 4.79 Å². The fourth-order valence-electron chi connectivity index (χ4n) is 2.25. The summed E-state index contributed by atoms with van der Waals surface area (Å²) in [6.07, 6.45) is 1.80. The van der Waals surface area contributed by atoms with Gasteiger partial charge < -0.3 is 10.0 Å². The Labute approximate surface area is 129 Å². The third kappa shape index (κ3) is 3.14. The van der Waals surface area contributed by atoms with E-state index in [4.69, 9.17) is 5.11 Å². The zero-order valence-electron chi connectivity index (χ0n) is 12.8. The summed E-state index contributed by atoms with van der Waals surface area (Å²) in [7, 11) is 1.76. The van der Waals surface area contributed by atoms with Crippen molar-refractivity contribution in [3.05, 3.63) is 47.7 Å². The Balaban J connectivity index is 2.32. The average molecular weight is 298 g/mol. The molecule has 2 rings (SSSR count). The maximum Gasteiger partial charge on any atom is 0.337 e. The van der Waals surface area contributed by atoms with Gasteiger partial charge in [0.05, 0.1) is 11.3 Å². The highest BCUT2D eigenvalue weighted by Gasteiger charge is 2.12. The molecule has 0 aliphatic carbocycles. The first-order valence-electron chi connectivity index (χ1n) is 7.01. The molecule has 5 heteroatoms. The molecule has 1 N–H and O–H groups in total. The minimum Gasteiger partial charge on any atom is -0.478 e. The Morgan fingerprint density at radius 2 is 1.95 bits per heavy atom. The van der Waals surface area contributed by atoms with Gasteiger partial charge >= 0.3 is 5.97 Å². The fourth-order valence-corrected chi connectivity index (χ4v) is 2.25. The number of carboxylic acids is 1. The van der Waals surface area contributed by atoms with E-state index in [1.165, 1.54) is 12.3 Å². The second-order valence-corrected chi connectivity index (χ2v) is 5.04. The minimum atomic E-state index is -0.995. The van der Waals surface area contributed by atoms with Crippen molar-refractivity contribution in [2.24, 2.45) is 0 Å². The Hall–Kier alpha value is -2.69. The Morgan fingerprint density at radius 1 is 1.23 bits per heavy atom. The van der Waals surface area contributed by atoms with Crippen LogP contribution in [0.25, 0.3) is 11.3 Å². The number of benzene rings is 1. The summed E-state index contributed by atoms with van der Waals surface area (Å²) in [6.45, 7) is 3.76. The first-order valence-corrected chi connectivity index (χ1v) is 7.01. The average Bonchev–Trinajstić information content (AvgIpc) is 2.53. The van der Waals surface area contributed by atoms with Crippen molar-refractivity contribution >= 4 is 17.6 Å². The van der Waals surface area contributed by atoms with Gasteiger partial charge in [-0.25, -0.2) is 4.79 Å². The number of carboxylic acid groups (broad SMARTS) is 1. The maximum atomic E-state index is 11.8. The molecule has 1 aromatic heterocycles. The minimum absolute atomic E-state index is 0.0554. The van der Waals surface area contributed by atoms with Gasteiger partial charge in [0.25, 0.3) is 0 Å². The Morgan fingerprint density at radius 3 is 2.45 bits per heavy atom. The third-order valence-electron chi connectivity index (χ3n) is 3.54. The summed E-state index contributed by atoms with van der Waals surface area (Å²) in [6, 6.07) is 8.91. The molecule has 0 saturated heterocycles. The van der Waals surface area contributed by atoms with Crippen molar-refractivity contribution < 1.29 is 14.7 Å². The lowest BCUT2D eigenvalue weighted by atomic mass is 10.1. The van der Waals surface area contributed by atoms with Crippen molar-refractivity contribution in [1.82, 2.24) is 4.98 Å². The molecule has 1 amide bonds. The molecule has 22 heavy (non-hydrogen) atoms. The van der Waals surface area contributed by atoms with Crippen molar-refractivity contribution in [3.63, 3.8) is 0 Å². The number of nitrogens with zero attached hydrogens (tertiary/aromatic N) is 2. The number of rotatable bonds is 4. The summed E-state index contributed by atoms with van der Waals surface area (Å²) in [5.41, 5.74) is 3.56. The van der Waals surface area contributed by atoms with Gasteiger partial charge in [-0.3, -0.25) is 9.78 Å². The van der Waals surface area contributed by atoms with Crippen LogP contribution in [0.1, 0.15) is 29.3 Å². The zero-order valence-corrected chi connectivity index (χ0v) is 12.8. The second-order valence-electron chi connectivity index (χ2n) is 5.04. The van der Waals surface area contributed by atoms with Gasteiger partial charge in [0.15, 0.2) is 0 Å². The number of aromatic nitrogens is 1. The van der Waals surface area contributed by atoms with E-state index in [0.717, 1.165) is 16.8 Å². The molecule has 0 radical (unpaired) electrons. The number of aromatic carboxylic acids is 1. The van der Waals surface area contributed by atoms with Crippen molar-refractivity contribution in [3.8, 4) is 11.3 Å². The summed E-state index contributed by atoms with van der Waals surface area (Å²) in [4.78, 5) is 28.4. The molecule has 1 aromatic carbocycles. The molecule has 114 valence electrons. The molecular formula is C17H18N2O3. The van der Waals surface area contributed by atoms with E-state index in [0.29, 0.717) is 12.1 Å². The van der Waals surface area contributed by atoms with Gasteiger partial charge in [0, 0.05) is 30.9 Å². The Kier molecular flexibility index (Phi) is 4.56. The number of hydrogen-bond donors (Lipinski definition) is 1. The van der Waals surface area contributed by atoms with Gasteiger partial charge in [-0.1, -0.05) is 13.0 Å². The predicted molar refractivity (Wildman–Crippen MR) is 85.1 cm³/mol. The number of aryl methyl sites for hydroxylation is 1. The van der Waals surface area contributed by atoms with Crippen LogP contribution >= 0.6 is 0 Å². The molecule has 1 heterocycles. The molecule has 0 atom stereocenters. The van der Waals surface area contributed by atoms with Crippen molar-refractivity contribution in [1.29, 1.82) is 0 Å². The maximum absolute atomic E-state index is 11.8. The van der Waals surface area contributed by atoms with Gasteiger partial charge in [-0.05, 0) is 36.8 Å². The van der Waals surface area contributed by atoms with Crippen LogP contribution in [-0.4, -0.2) is 29.0 Å². The summed E-state index contributed by atoms with van der Waals surface area (Å²) < 4.78 is 0. The van der Waals surface area contributed by atoms with E-state index in [-0.39, 0.29) is 11.5 Å². The molecule has 5 nitrogen and oxygen atoms in total. The van der Waals surface area contributed by atoms with E-state index < -0.39 is 5.97 Å². The van der Waals surface area contributed by atoms with Crippen LogP contribution in [0.2, 0.25) is 0 Å². The number of carbonyl (C=O) groups excluding carboxylic acids is 1. The molecule has 0 spiro atoms. The van der Waals surface area contributed by atoms with Crippen LogP contribution in [0.15, 0.2) is 36.5 Å². The lowest BCUT2D eigenvalue weighted by Crippen LogP contribution is -2.25. The van der Waals surface area contributed by atoms with Crippen LogP contribution in [0.5, 0.6) is 0 Å². The van der Waals surface area contributed by atoms with Crippen LogP contribution < -0.4 is 4.90 Å². The highest BCUT2D eigenvalue weighted by atomic mass is 16.4. The van der Waals surface area contributed by atoms with E-state index in [2.05, 4.69) is 4.98 Å². The second kappa shape index (κ2) is 6.39. The number of hydrogen-bond acceptors (Lipinski definition) is 3. The van der Waals surface area contributed by atoms with Crippen molar-refractivity contribution in [2.75, 3.05) is 11.9 Å². The van der Waals surface area contributed by atoms with E-state index >= 15 is 0 Å². The van der Waals surface area contributed by atoms with Gasteiger partial charge in [0.2, 0.25) is 5.91 Å². The van der Waals surface area contributed by atoms with Crippen LogP contribution in [0.3, 0.4) is 0 Å². The SMILES string of the molecule is CCC(=O)N(C)c1ccc(-c2ccc(C(=O)O)cn2)cc1C. The molecule has 0 aliphatic rings.